The lowest BCUT2D eigenvalue weighted by molar-refractivity contribution is 0.0570. The molecule has 8 heteroatoms. The fourth-order valence-electron chi connectivity index (χ4n) is 2.80. The van der Waals surface area contributed by atoms with Crippen molar-refractivity contribution in [2.75, 3.05) is 38.1 Å². The zero-order valence-corrected chi connectivity index (χ0v) is 15.0. The summed E-state index contributed by atoms with van der Waals surface area (Å²) in [6.07, 6.45) is 1.20. The molecule has 0 radical (unpaired) electrons. The maximum Gasteiger partial charge on any atom is 0.409 e. The van der Waals surface area contributed by atoms with Crippen molar-refractivity contribution in [3.05, 3.63) is 54.0 Å². The van der Waals surface area contributed by atoms with E-state index in [1.165, 1.54) is 12.1 Å². The Morgan fingerprint density at radius 2 is 1.78 bits per heavy atom. The average Bonchev–Trinajstić information content (AvgIpc) is 2.70. The van der Waals surface area contributed by atoms with E-state index in [4.69, 9.17) is 4.74 Å². The van der Waals surface area contributed by atoms with Gasteiger partial charge in [-0.05, 0) is 43.3 Å². The molecule has 1 aliphatic heterocycles. The summed E-state index contributed by atoms with van der Waals surface area (Å²) in [6.45, 7) is 3.87. The van der Waals surface area contributed by atoms with E-state index >= 15 is 0 Å². The monoisotopic (exact) mass is 372 g/mol. The number of benzene rings is 1. The Kier molecular flexibility index (Phi) is 5.85. The molecule has 27 heavy (non-hydrogen) atoms. The summed E-state index contributed by atoms with van der Waals surface area (Å²) < 4.78 is 18.0. The van der Waals surface area contributed by atoms with Crippen molar-refractivity contribution >= 4 is 23.5 Å². The maximum atomic E-state index is 13.0. The standard InChI is InChI=1S/C19H21FN4O3/c1-2-27-19(26)24-11-9-23(10-12-24)18(25)14-7-8-21-17(13-14)22-16-5-3-15(20)4-6-16/h3-8,13H,2,9-12H2,1H3,(H,21,22). The molecule has 3 rings (SSSR count). The molecule has 0 spiro atoms. The predicted molar refractivity (Wildman–Crippen MR) is 98.4 cm³/mol. The molecular formula is C19H21FN4O3. The van der Waals surface area contributed by atoms with E-state index < -0.39 is 0 Å². The van der Waals surface area contributed by atoms with E-state index in [1.807, 2.05) is 0 Å². The topological polar surface area (TPSA) is 74.8 Å². The van der Waals surface area contributed by atoms with Crippen molar-refractivity contribution in [1.29, 1.82) is 0 Å². The summed E-state index contributed by atoms with van der Waals surface area (Å²) in [5.41, 5.74) is 1.18. The first-order chi connectivity index (χ1) is 13.1. The van der Waals surface area contributed by atoms with Crippen LogP contribution in [0.4, 0.5) is 20.7 Å². The normalized spacial score (nSPS) is 14.0. The molecule has 2 aromatic rings. The van der Waals surface area contributed by atoms with Crippen LogP contribution in [0.2, 0.25) is 0 Å². The van der Waals surface area contributed by atoms with Gasteiger partial charge in [0.2, 0.25) is 0 Å². The van der Waals surface area contributed by atoms with Gasteiger partial charge in [-0.1, -0.05) is 0 Å². The van der Waals surface area contributed by atoms with Gasteiger partial charge < -0.3 is 19.9 Å². The highest BCUT2D eigenvalue weighted by molar-refractivity contribution is 5.95. The van der Waals surface area contributed by atoms with Crippen LogP contribution in [-0.4, -0.2) is 59.6 Å². The van der Waals surface area contributed by atoms with Gasteiger partial charge >= 0.3 is 6.09 Å². The number of nitrogens with zero attached hydrogens (tertiary/aromatic N) is 3. The number of aromatic nitrogens is 1. The second-order valence-electron chi connectivity index (χ2n) is 6.04. The second kappa shape index (κ2) is 8.48. The zero-order valence-electron chi connectivity index (χ0n) is 15.0. The van der Waals surface area contributed by atoms with E-state index in [9.17, 15) is 14.0 Å². The average molecular weight is 372 g/mol. The second-order valence-corrected chi connectivity index (χ2v) is 6.04. The van der Waals surface area contributed by atoms with Crippen molar-refractivity contribution in [3.8, 4) is 0 Å². The molecule has 0 aliphatic carbocycles. The minimum atomic E-state index is -0.348. The SMILES string of the molecule is CCOC(=O)N1CCN(C(=O)c2ccnc(Nc3ccc(F)cc3)c2)CC1. The number of halogens is 1. The quantitative estimate of drug-likeness (QED) is 0.893. The maximum absolute atomic E-state index is 13.0. The van der Waals surface area contributed by atoms with Gasteiger partial charge in [0.1, 0.15) is 11.6 Å². The fraction of sp³-hybridized carbons (Fsp3) is 0.316. The Morgan fingerprint density at radius 3 is 2.44 bits per heavy atom. The third-order valence-electron chi connectivity index (χ3n) is 4.22. The van der Waals surface area contributed by atoms with Gasteiger partial charge in [-0.25, -0.2) is 14.2 Å². The molecule has 1 saturated heterocycles. The highest BCUT2D eigenvalue weighted by Crippen LogP contribution is 2.17. The molecule has 142 valence electrons. The molecule has 1 aliphatic rings. The van der Waals surface area contributed by atoms with E-state index in [1.54, 1.807) is 47.2 Å². The Bertz CT molecular complexity index is 805. The number of carbonyl (C=O) groups excluding carboxylic acids is 2. The van der Waals surface area contributed by atoms with Gasteiger partial charge in [-0.15, -0.1) is 0 Å². The van der Waals surface area contributed by atoms with Crippen molar-refractivity contribution in [2.24, 2.45) is 0 Å². The highest BCUT2D eigenvalue weighted by Gasteiger charge is 2.25. The van der Waals surface area contributed by atoms with Gasteiger partial charge in [-0.2, -0.15) is 0 Å². The Morgan fingerprint density at radius 1 is 1.11 bits per heavy atom. The Balaban J connectivity index is 1.62. The van der Waals surface area contributed by atoms with Crippen molar-refractivity contribution in [2.45, 2.75) is 6.92 Å². The third kappa shape index (κ3) is 4.72. The molecule has 1 aromatic carbocycles. The first-order valence-electron chi connectivity index (χ1n) is 8.76. The van der Waals surface area contributed by atoms with Crippen LogP contribution in [0, 0.1) is 5.82 Å². The van der Waals surface area contributed by atoms with Crippen molar-refractivity contribution in [1.82, 2.24) is 14.8 Å². The van der Waals surface area contributed by atoms with E-state index in [0.717, 1.165) is 0 Å². The number of nitrogens with one attached hydrogen (secondary N) is 1. The molecule has 0 unspecified atom stereocenters. The summed E-state index contributed by atoms with van der Waals surface area (Å²) in [5, 5.41) is 3.05. The number of rotatable bonds is 4. The van der Waals surface area contributed by atoms with E-state index in [2.05, 4.69) is 10.3 Å². The van der Waals surface area contributed by atoms with Gasteiger partial charge in [0, 0.05) is 43.6 Å². The number of amides is 2. The number of pyridine rings is 1. The fourth-order valence-corrected chi connectivity index (χ4v) is 2.80. The molecule has 2 heterocycles. The minimum absolute atomic E-state index is 0.122. The van der Waals surface area contributed by atoms with Crippen molar-refractivity contribution < 1.29 is 18.7 Å². The van der Waals surface area contributed by atoms with Crippen LogP contribution in [0.3, 0.4) is 0 Å². The van der Waals surface area contributed by atoms with Crippen LogP contribution in [0.15, 0.2) is 42.6 Å². The number of piperazine rings is 1. The lowest BCUT2D eigenvalue weighted by Gasteiger charge is -2.34. The molecule has 7 nitrogen and oxygen atoms in total. The van der Waals surface area contributed by atoms with Crippen LogP contribution in [0.5, 0.6) is 0 Å². The number of anilines is 2. The van der Waals surface area contributed by atoms with Crippen LogP contribution in [0.1, 0.15) is 17.3 Å². The van der Waals surface area contributed by atoms with Crippen LogP contribution < -0.4 is 5.32 Å². The molecule has 1 N–H and O–H groups in total. The smallest absolute Gasteiger partial charge is 0.409 e. The molecule has 0 saturated carbocycles. The van der Waals surface area contributed by atoms with Crippen LogP contribution in [0.25, 0.3) is 0 Å². The van der Waals surface area contributed by atoms with Gasteiger partial charge in [0.15, 0.2) is 0 Å². The number of hydrogen-bond donors (Lipinski definition) is 1. The van der Waals surface area contributed by atoms with Crippen molar-refractivity contribution in [3.63, 3.8) is 0 Å². The Labute approximate surface area is 156 Å². The number of ether oxygens (including phenoxy) is 1. The zero-order chi connectivity index (χ0) is 19.2. The minimum Gasteiger partial charge on any atom is -0.450 e. The molecule has 1 fully saturated rings. The van der Waals surface area contributed by atoms with Gasteiger partial charge in [-0.3, -0.25) is 4.79 Å². The molecule has 0 bridgehead atoms. The lowest BCUT2D eigenvalue weighted by atomic mass is 10.2. The number of hydrogen-bond acceptors (Lipinski definition) is 5. The number of carbonyl (C=O) groups is 2. The molecule has 1 aromatic heterocycles. The van der Waals surface area contributed by atoms with Gasteiger partial charge in [0.25, 0.3) is 5.91 Å². The highest BCUT2D eigenvalue weighted by atomic mass is 19.1. The largest absolute Gasteiger partial charge is 0.450 e. The Hall–Kier alpha value is -3.16. The first-order valence-corrected chi connectivity index (χ1v) is 8.76. The van der Waals surface area contributed by atoms with Crippen LogP contribution in [-0.2, 0) is 4.74 Å². The summed E-state index contributed by atoms with van der Waals surface area (Å²) in [4.78, 5) is 32.0. The summed E-state index contributed by atoms with van der Waals surface area (Å²) in [6, 6.07) is 9.19. The summed E-state index contributed by atoms with van der Waals surface area (Å²) in [7, 11) is 0. The van der Waals surface area contributed by atoms with Gasteiger partial charge in [0.05, 0.1) is 6.61 Å². The van der Waals surface area contributed by atoms with Crippen LogP contribution >= 0.6 is 0 Å². The van der Waals surface area contributed by atoms with E-state index in [0.29, 0.717) is 49.9 Å². The molecule has 2 amide bonds. The predicted octanol–water partition coefficient (Wildman–Crippen LogP) is 2.88. The molecular weight excluding hydrogens is 351 g/mol. The third-order valence-corrected chi connectivity index (χ3v) is 4.22. The lowest BCUT2D eigenvalue weighted by Crippen LogP contribution is -2.50. The first kappa shape index (κ1) is 18.6. The summed E-state index contributed by atoms with van der Waals surface area (Å²) in [5.74, 6) is 0.0556. The molecule has 0 atom stereocenters. The summed E-state index contributed by atoms with van der Waals surface area (Å²) >= 11 is 0. The van der Waals surface area contributed by atoms with E-state index in [-0.39, 0.29) is 17.8 Å².